The van der Waals surface area contributed by atoms with Gasteiger partial charge >= 0.3 is 0 Å². The first-order chi connectivity index (χ1) is 26.3. The molecule has 2 nitrogen and oxygen atoms in total. The molecule has 0 spiro atoms. The van der Waals surface area contributed by atoms with Gasteiger partial charge in [0.2, 0.25) is 0 Å². The highest BCUT2D eigenvalue weighted by Crippen LogP contribution is 2.43. The molecule has 0 N–H and O–H groups in total. The molecule has 9 aromatic carbocycles. The van der Waals surface area contributed by atoms with Gasteiger partial charge in [0.1, 0.15) is 0 Å². The van der Waals surface area contributed by atoms with E-state index >= 15 is 0 Å². The van der Waals surface area contributed by atoms with Gasteiger partial charge in [-0.3, -0.25) is 9.97 Å². The van der Waals surface area contributed by atoms with E-state index in [1.54, 1.807) is 12.4 Å². The molecule has 53 heavy (non-hydrogen) atoms. The maximum Gasteiger partial charge on any atom is 0.0971 e. The summed E-state index contributed by atoms with van der Waals surface area (Å²) in [4.78, 5) is 9.55. The molecule has 0 aliphatic rings. The number of hydrogen-bond donors (Lipinski definition) is 0. The lowest BCUT2D eigenvalue weighted by molar-refractivity contribution is 1.31. The predicted octanol–water partition coefficient (Wildman–Crippen LogP) is 14.1. The Balaban J connectivity index is 1.01. The van der Waals surface area contributed by atoms with Crippen molar-refractivity contribution in [2.75, 3.05) is 0 Å². The zero-order chi connectivity index (χ0) is 34.9. The van der Waals surface area contributed by atoms with E-state index in [-0.39, 0.29) is 0 Å². The first kappa shape index (κ1) is 30.0. The standard InChI is InChI=1S/C50H30N2S/c1-2-16-43-39(14-1)41-25-24-34(30-46(41)49-48(43)51-26-27-52-49)32-11-5-10-31(28-32)33-12-6-13-35(29-33)36-17-7-19-38-37(36)18-8-20-40(38)44-21-9-22-45-42-15-3-4-23-47(42)53-50(44)45/h1-30H. The van der Waals surface area contributed by atoms with Crippen LogP contribution in [0.25, 0.3) is 108 Å². The van der Waals surface area contributed by atoms with Gasteiger partial charge in [-0.15, -0.1) is 11.3 Å². The average molecular weight is 691 g/mol. The zero-order valence-electron chi connectivity index (χ0n) is 28.6. The highest BCUT2D eigenvalue weighted by atomic mass is 32.1. The molecule has 2 aromatic heterocycles. The van der Waals surface area contributed by atoms with Crippen molar-refractivity contribution in [1.29, 1.82) is 0 Å². The Morgan fingerprint density at radius 1 is 0.302 bits per heavy atom. The van der Waals surface area contributed by atoms with E-state index in [0.717, 1.165) is 27.4 Å². The second-order valence-electron chi connectivity index (χ2n) is 13.7. The van der Waals surface area contributed by atoms with Crippen LogP contribution in [0.15, 0.2) is 182 Å². The number of thiophene rings is 1. The largest absolute Gasteiger partial charge is 0.252 e. The van der Waals surface area contributed by atoms with Crippen LogP contribution in [-0.2, 0) is 0 Å². The first-order valence-corrected chi connectivity index (χ1v) is 18.8. The minimum absolute atomic E-state index is 0.936. The van der Waals surface area contributed by atoms with Crippen LogP contribution in [0.3, 0.4) is 0 Å². The Kier molecular flexibility index (Phi) is 6.76. The maximum atomic E-state index is 4.80. The van der Waals surface area contributed by atoms with Gasteiger partial charge < -0.3 is 0 Å². The SMILES string of the molecule is c1cc(-c2cccc(-c3cccc4c(-c5cccc6c5sc5ccccc56)cccc34)c2)cc(-c2ccc3c4ccccc4c4nccnc4c3c2)c1. The number of nitrogens with zero attached hydrogens (tertiary/aromatic N) is 2. The van der Waals surface area contributed by atoms with Crippen molar-refractivity contribution < 1.29 is 0 Å². The van der Waals surface area contributed by atoms with Crippen molar-refractivity contribution in [3.63, 3.8) is 0 Å². The molecule has 0 amide bonds. The second-order valence-corrected chi connectivity index (χ2v) is 14.8. The smallest absolute Gasteiger partial charge is 0.0971 e. The van der Waals surface area contributed by atoms with Gasteiger partial charge in [0.15, 0.2) is 0 Å². The molecule has 0 fully saturated rings. The zero-order valence-corrected chi connectivity index (χ0v) is 29.4. The second kappa shape index (κ2) is 11.9. The van der Waals surface area contributed by atoms with Crippen molar-refractivity contribution >= 4 is 74.9 Å². The van der Waals surface area contributed by atoms with Crippen molar-refractivity contribution in [2.24, 2.45) is 0 Å². The van der Waals surface area contributed by atoms with Crippen molar-refractivity contribution in [2.45, 2.75) is 0 Å². The van der Waals surface area contributed by atoms with Gasteiger partial charge in [0, 0.05) is 48.9 Å². The summed E-state index contributed by atoms with van der Waals surface area (Å²) in [5.74, 6) is 0. The molecule has 2 heterocycles. The van der Waals surface area contributed by atoms with Crippen LogP contribution >= 0.6 is 11.3 Å². The van der Waals surface area contributed by atoms with E-state index in [9.17, 15) is 0 Å². The Bertz CT molecular complexity index is 3210. The molecule has 11 aromatic rings. The fourth-order valence-corrected chi connectivity index (χ4v) is 9.54. The highest BCUT2D eigenvalue weighted by molar-refractivity contribution is 7.26. The molecule has 0 bridgehead atoms. The third kappa shape index (κ3) is 4.78. The Labute approximate surface area is 310 Å². The van der Waals surface area contributed by atoms with E-state index in [1.807, 2.05) is 11.3 Å². The Morgan fingerprint density at radius 3 is 1.58 bits per heavy atom. The van der Waals surface area contributed by atoms with Gasteiger partial charge in [0.05, 0.1) is 11.0 Å². The third-order valence-corrected chi connectivity index (χ3v) is 12.0. The predicted molar refractivity (Wildman–Crippen MR) is 227 cm³/mol. The van der Waals surface area contributed by atoms with Gasteiger partial charge in [-0.1, -0.05) is 146 Å². The lowest BCUT2D eigenvalue weighted by atomic mass is 9.91. The summed E-state index contributed by atoms with van der Waals surface area (Å²) in [6.07, 6.45) is 3.57. The number of benzene rings is 9. The minimum Gasteiger partial charge on any atom is -0.252 e. The van der Waals surface area contributed by atoms with Gasteiger partial charge in [-0.25, -0.2) is 0 Å². The summed E-state index contributed by atoms with van der Waals surface area (Å²) in [6.45, 7) is 0. The summed E-state index contributed by atoms with van der Waals surface area (Å²) in [7, 11) is 0. The fraction of sp³-hybridized carbons (Fsp3) is 0. The van der Waals surface area contributed by atoms with Crippen molar-refractivity contribution in [3.8, 4) is 44.5 Å². The van der Waals surface area contributed by atoms with E-state index in [1.165, 1.54) is 80.7 Å². The van der Waals surface area contributed by atoms with Gasteiger partial charge in [0.25, 0.3) is 0 Å². The van der Waals surface area contributed by atoms with Crippen LogP contribution in [-0.4, -0.2) is 9.97 Å². The van der Waals surface area contributed by atoms with E-state index in [0.29, 0.717) is 0 Å². The average Bonchev–Trinajstić information content (AvgIpc) is 3.62. The quantitative estimate of drug-likeness (QED) is 0.172. The number of fused-ring (bicyclic) bond motifs is 10. The summed E-state index contributed by atoms with van der Waals surface area (Å²) < 4.78 is 2.67. The minimum atomic E-state index is 0.936. The van der Waals surface area contributed by atoms with Crippen LogP contribution < -0.4 is 0 Å². The van der Waals surface area contributed by atoms with E-state index in [2.05, 4.69) is 170 Å². The Morgan fingerprint density at radius 2 is 0.811 bits per heavy atom. The maximum absolute atomic E-state index is 4.80. The van der Waals surface area contributed by atoms with Crippen molar-refractivity contribution in [1.82, 2.24) is 9.97 Å². The van der Waals surface area contributed by atoms with Crippen molar-refractivity contribution in [3.05, 3.63) is 182 Å². The molecule has 0 radical (unpaired) electrons. The molecule has 0 saturated heterocycles. The number of aromatic nitrogens is 2. The summed E-state index contributed by atoms with van der Waals surface area (Å²) >= 11 is 1.89. The molecule has 3 heteroatoms. The molecule has 0 atom stereocenters. The highest BCUT2D eigenvalue weighted by Gasteiger charge is 2.15. The topological polar surface area (TPSA) is 25.8 Å². The lowest BCUT2D eigenvalue weighted by Gasteiger charge is -2.13. The van der Waals surface area contributed by atoms with Gasteiger partial charge in [-0.05, 0) is 84.8 Å². The van der Waals surface area contributed by atoms with Crippen LogP contribution in [0, 0.1) is 0 Å². The molecule has 0 aliphatic carbocycles. The number of rotatable bonds is 4. The normalized spacial score (nSPS) is 11.8. The Hall–Kier alpha value is -6.68. The molecule has 0 unspecified atom stereocenters. The van der Waals surface area contributed by atoms with Crippen LogP contribution in [0.2, 0.25) is 0 Å². The van der Waals surface area contributed by atoms with Crippen LogP contribution in [0.5, 0.6) is 0 Å². The molecule has 0 aliphatic heterocycles. The van der Waals surface area contributed by atoms with E-state index in [4.69, 9.17) is 9.97 Å². The monoisotopic (exact) mass is 690 g/mol. The molecule has 11 rings (SSSR count). The fourth-order valence-electron chi connectivity index (χ4n) is 8.31. The van der Waals surface area contributed by atoms with Gasteiger partial charge in [-0.2, -0.15) is 0 Å². The van der Waals surface area contributed by atoms with E-state index < -0.39 is 0 Å². The molecular formula is C50H30N2S. The first-order valence-electron chi connectivity index (χ1n) is 18.0. The molecule has 246 valence electrons. The number of hydrogen-bond acceptors (Lipinski definition) is 3. The van der Waals surface area contributed by atoms with Crippen LogP contribution in [0.1, 0.15) is 0 Å². The lowest BCUT2D eigenvalue weighted by Crippen LogP contribution is -1.89. The molecular weight excluding hydrogens is 661 g/mol. The molecule has 0 saturated carbocycles. The third-order valence-electron chi connectivity index (χ3n) is 10.8. The summed E-state index contributed by atoms with van der Waals surface area (Å²) in [5, 5.41) is 9.82. The summed E-state index contributed by atoms with van der Waals surface area (Å²) in [5.41, 5.74) is 11.6. The summed E-state index contributed by atoms with van der Waals surface area (Å²) in [6, 6.07) is 62.1. The van der Waals surface area contributed by atoms with Crippen LogP contribution in [0.4, 0.5) is 0 Å².